The molecule has 4 aromatic rings. The zero-order chi connectivity index (χ0) is 27.6. The third-order valence-electron chi connectivity index (χ3n) is 7.87. The lowest BCUT2D eigenvalue weighted by atomic mass is 9.93. The fraction of sp³-hybridized carbons (Fsp3) is 0.273. The first-order valence-corrected chi connectivity index (χ1v) is 13.8. The van der Waals surface area contributed by atoms with Crippen LogP contribution in [0.1, 0.15) is 49.9 Å². The fourth-order valence-electron chi connectivity index (χ4n) is 5.73. The first kappa shape index (κ1) is 26.0. The highest BCUT2D eigenvalue weighted by Gasteiger charge is 2.31. The van der Waals surface area contributed by atoms with E-state index in [9.17, 15) is 14.7 Å². The number of fused-ring (bicyclic) bond motifs is 3. The minimum atomic E-state index is -0.749. The molecule has 6 rings (SSSR count). The molecule has 2 amide bonds. The molecule has 0 saturated carbocycles. The Labute approximate surface area is 233 Å². The lowest BCUT2D eigenvalue weighted by molar-refractivity contribution is 0.0766. The summed E-state index contributed by atoms with van der Waals surface area (Å²) in [6.07, 6.45) is -0.0490. The minimum Gasteiger partial charge on any atom is -0.493 e. The van der Waals surface area contributed by atoms with E-state index in [-0.39, 0.29) is 24.4 Å². The lowest BCUT2D eigenvalue weighted by Crippen LogP contribution is -2.49. The fourth-order valence-corrected chi connectivity index (χ4v) is 5.73. The second kappa shape index (κ2) is 11.1. The van der Waals surface area contributed by atoms with Crippen molar-refractivity contribution in [2.75, 3.05) is 13.2 Å². The third-order valence-corrected chi connectivity index (χ3v) is 7.87. The normalized spacial score (nSPS) is 16.9. The van der Waals surface area contributed by atoms with Gasteiger partial charge in [0.25, 0.3) is 11.8 Å². The van der Waals surface area contributed by atoms with Crippen LogP contribution in [0.4, 0.5) is 0 Å². The molecular weight excluding hydrogens is 502 g/mol. The number of ether oxygens (including phenoxy) is 1. The summed E-state index contributed by atoms with van der Waals surface area (Å²) >= 11 is 0. The van der Waals surface area contributed by atoms with Gasteiger partial charge in [-0.2, -0.15) is 0 Å². The number of aliphatic hydroxyl groups excluding tert-OH is 1. The van der Waals surface area contributed by atoms with E-state index in [0.717, 1.165) is 21.9 Å². The van der Waals surface area contributed by atoms with Crippen molar-refractivity contribution in [3.8, 4) is 5.75 Å². The molecule has 2 heterocycles. The largest absolute Gasteiger partial charge is 0.493 e. The number of nitrogens with one attached hydrogen (secondary N) is 2. The van der Waals surface area contributed by atoms with Crippen molar-refractivity contribution in [1.82, 2.24) is 15.5 Å². The number of carbonyl (C=O) groups excluding carboxylic acids is 2. The second-order valence-corrected chi connectivity index (χ2v) is 10.5. The van der Waals surface area contributed by atoms with Gasteiger partial charge < -0.3 is 25.4 Å². The molecule has 204 valence electrons. The number of benzene rings is 4. The summed E-state index contributed by atoms with van der Waals surface area (Å²) in [4.78, 5) is 28.4. The highest BCUT2D eigenvalue weighted by atomic mass is 16.5. The van der Waals surface area contributed by atoms with Gasteiger partial charge in [-0.3, -0.25) is 9.59 Å². The zero-order valence-corrected chi connectivity index (χ0v) is 22.5. The maximum atomic E-state index is 13.3. The van der Waals surface area contributed by atoms with Crippen molar-refractivity contribution in [3.05, 3.63) is 112 Å². The van der Waals surface area contributed by atoms with Crippen molar-refractivity contribution in [2.24, 2.45) is 0 Å². The molecule has 0 aliphatic carbocycles. The second-order valence-electron chi connectivity index (χ2n) is 10.5. The van der Waals surface area contributed by atoms with Crippen LogP contribution in [0.25, 0.3) is 10.8 Å². The standard InChI is InChI=1S/C33H33N3O4/c1-2-40-31-16-27-26(20-36(33(27)39)19-21-11-12-22-7-3-4-8-23(22)13-21)14-28(31)32(38)35-18-30(37)29-15-24-9-5-6-10-25(24)17-34-29/h3-14,16,29-30,34,37H,2,15,17-20H2,1H3,(H,35,38). The Morgan fingerprint density at radius 2 is 1.80 bits per heavy atom. The molecule has 7 nitrogen and oxygen atoms in total. The van der Waals surface area contributed by atoms with Gasteiger partial charge in [0.2, 0.25) is 0 Å². The molecule has 3 N–H and O–H groups in total. The van der Waals surface area contributed by atoms with E-state index in [1.54, 1.807) is 17.0 Å². The summed E-state index contributed by atoms with van der Waals surface area (Å²) in [7, 11) is 0. The number of carbonyl (C=O) groups is 2. The molecule has 0 radical (unpaired) electrons. The SMILES string of the molecule is CCOc1cc2c(cc1C(=O)NCC(O)C1Cc3ccccc3CN1)CN(Cc1ccc3ccccc3c1)C2=O. The van der Waals surface area contributed by atoms with E-state index < -0.39 is 6.10 Å². The maximum absolute atomic E-state index is 13.3. The van der Waals surface area contributed by atoms with Gasteiger partial charge in [-0.15, -0.1) is 0 Å². The van der Waals surface area contributed by atoms with Crippen molar-refractivity contribution < 1.29 is 19.4 Å². The predicted molar refractivity (Wildman–Crippen MR) is 154 cm³/mol. The van der Waals surface area contributed by atoms with E-state index in [1.807, 2.05) is 37.3 Å². The maximum Gasteiger partial charge on any atom is 0.255 e. The molecule has 40 heavy (non-hydrogen) atoms. The number of rotatable bonds is 8. The summed E-state index contributed by atoms with van der Waals surface area (Å²) in [6.45, 7) is 3.90. The Kier molecular flexibility index (Phi) is 7.24. The van der Waals surface area contributed by atoms with Crippen LogP contribution >= 0.6 is 0 Å². The van der Waals surface area contributed by atoms with Crippen molar-refractivity contribution in [1.29, 1.82) is 0 Å². The van der Waals surface area contributed by atoms with Gasteiger partial charge in [0.05, 0.1) is 18.3 Å². The summed E-state index contributed by atoms with van der Waals surface area (Å²) in [5, 5.41) is 19.4. The van der Waals surface area contributed by atoms with Crippen LogP contribution in [0.5, 0.6) is 5.75 Å². The van der Waals surface area contributed by atoms with Crippen molar-refractivity contribution >= 4 is 22.6 Å². The molecule has 0 saturated heterocycles. The zero-order valence-electron chi connectivity index (χ0n) is 22.5. The summed E-state index contributed by atoms with van der Waals surface area (Å²) in [6, 6.07) is 25.9. The van der Waals surface area contributed by atoms with E-state index in [1.165, 1.54) is 11.1 Å². The number of nitrogens with zero attached hydrogens (tertiary/aromatic N) is 1. The molecule has 0 aromatic heterocycles. The Morgan fingerprint density at radius 3 is 2.62 bits per heavy atom. The number of hydrogen-bond acceptors (Lipinski definition) is 5. The minimum absolute atomic E-state index is 0.0739. The molecule has 2 aliphatic rings. The van der Waals surface area contributed by atoms with Crippen LogP contribution in [-0.2, 0) is 26.1 Å². The van der Waals surface area contributed by atoms with E-state index in [2.05, 4.69) is 47.0 Å². The first-order chi connectivity index (χ1) is 19.5. The molecule has 0 bridgehead atoms. The average molecular weight is 536 g/mol. The van der Waals surface area contributed by atoms with Gasteiger partial charge >= 0.3 is 0 Å². The highest BCUT2D eigenvalue weighted by molar-refractivity contribution is 6.03. The number of amides is 2. The van der Waals surface area contributed by atoms with Crippen molar-refractivity contribution in [3.63, 3.8) is 0 Å². The number of hydrogen-bond donors (Lipinski definition) is 3. The Morgan fingerprint density at radius 1 is 1.02 bits per heavy atom. The van der Waals surface area contributed by atoms with E-state index >= 15 is 0 Å². The number of aliphatic hydroxyl groups is 1. The van der Waals surface area contributed by atoms with Gasteiger partial charge in [-0.1, -0.05) is 60.7 Å². The monoisotopic (exact) mass is 535 g/mol. The van der Waals surface area contributed by atoms with Crippen LogP contribution < -0.4 is 15.4 Å². The van der Waals surface area contributed by atoms with Gasteiger partial charge in [-0.05, 0) is 64.6 Å². The third kappa shape index (κ3) is 5.18. The summed E-state index contributed by atoms with van der Waals surface area (Å²) in [5.74, 6) is -0.0315. The van der Waals surface area contributed by atoms with Crippen LogP contribution in [0.2, 0.25) is 0 Å². The molecular formula is C33H33N3O4. The van der Waals surface area contributed by atoms with Crippen LogP contribution in [0.3, 0.4) is 0 Å². The lowest BCUT2D eigenvalue weighted by Gasteiger charge is -2.30. The van der Waals surface area contributed by atoms with Gasteiger partial charge in [0.1, 0.15) is 5.75 Å². The van der Waals surface area contributed by atoms with Gasteiger partial charge in [0, 0.05) is 37.8 Å². The van der Waals surface area contributed by atoms with Gasteiger partial charge in [0.15, 0.2) is 0 Å². The smallest absolute Gasteiger partial charge is 0.255 e. The Hall–Kier alpha value is -4.20. The Bertz CT molecular complexity index is 1580. The molecule has 7 heteroatoms. The quantitative estimate of drug-likeness (QED) is 0.315. The molecule has 4 aromatic carbocycles. The van der Waals surface area contributed by atoms with Crippen LogP contribution in [-0.4, -0.2) is 47.1 Å². The van der Waals surface area contributed by atoms with Crippen LogP contribution in [0.15, 0.2) is 78.9 Å². The van der Waals surface area contributed by atoms with Crippen molar-refractivity contribution in [2.45, 2.75) is 45.1 Å². The van der Waals surface area contributed by atoms with Gasteiger partial charge in [-0.25, -0.2) is 0 Å². The van der Waals surface area contributed by atoms with E-state index in [4.69, 9.17) is 4.74 Å². The Balaban J connectivity index is 1.15. The summed E-state index contributed by atoms with van der Waals surface area (Å²) < 4.78 is 5.79. The molecule has 2 unspecified atom stereocenters. The highest BCUT2D eigenvalue weighted by Crippen LogP contribution is 2.32. The topological polar surface area (TPSA) is 90.9 Å². The molecule has 2 aliphatic heterocycles. The molecule has 0 spiro atoms. The first-order valence-electron chi connectivity index (χ1n) is 13.8. The van der Waals surface area contributed by atoms with E-state index in [0.29, 0.717) is 49.5 Å². The predicted octanol–water partition coefficient (Wildman–Crippen LogP) is 4.20. The summed E-state index contributed by atoms with van der Waals surface area (Å²) in [5.41, 5.74) is 5.23. The molecule has 2 atom stereocenters. The average Bonchev–Trinajstić information content (AvgIpc) is 3.28. The van der Waals surface area contributed by atoms with Crippen LogP contribution in [0, 0.1) is 0 Å². The molecule has 0 fully saturated rings.